The highest BCUT2D eigenvalue weighted by Crippen LogP contribution is 2.30. The van der Waals surface area contributed by atoms with Gasteiger partial charge >= 0.3 is 0 Å². The second-order valence-electron chi connectivity index (χ2n) is 7.12. The van der Waals surface area contributed by atoms with Crippen molar-refractivity contribution in [2.24, 2.45) is 5.92 Å². The van der Waals surface area contributed by atoms with Crippen LogP contribution in [-0.2, 0) is 11.2 Å². The number of amides is 1. The fourth-order valence-corrected chi connectivity index (χ4v) is 3.63. The quantitative estimate of drug-likeness (QED) is 0.923. The molecule has 5 nitrogen and oxygen atoms in total. The molecule has 1 N–H and O–H groups in total. The van der Waals surface area contributed by atoms with Crippen LogP contribution in [0.2, 0.25) is 0 Å². The maximum absolute atomic E-state index is 12.8. The van der Waals surface area contributed by atoms with E-state index in [1.54, 1.807) is 0 Å². The van der Waals surface area contributed by atoms with E-state index in [1.165, 1.54) is 0 Å². The number of ether oxygens (including phenoxy) is 1. The highest BCUT2D eigenvalue weighted by atomic mass is 16.5. The van der Waals surface area contributed by atoms with Crippen molar-refractivity contribution in [1.29, 1.82) is 0 Å². The molecule has 0 aromatic heterocycles. The Morgan fingerprint density at radius 2 is 1.77 bits per heavy atom. The highest BCUT2D eigenvalue weighted by Gasteiger charge is 2.27. The van der Waals surface area contributed by atoms with Crippen molar-refractivity contribution in [3.05, 3.63) is 54.1 Å². The third-order valence-electron chi connectivity index (χ3n) is 5.26. The second kappa shape index (κ2) is 7.38. The number of carbonyl (C=O) groups excluding carboxylic acids is 1. The van der Waals surface area contributed by atoms with Gasteiger partial charge < -0.3 is 19.9 Å². The lowest BCUT2D eigenvalue weighted by molar-refractivity contribution is -0.121. The number of rotatable bonds is 3. The van der Waals surface area contributed by atoms with Crippen molar-refractivity contribution in [2.75, 3.05) is 50.1 Å². The Labute approximate surface area is 154 Å². The Kier molecular flexibility index (Phi) is 4.80. The standard InChI is InChI=1S/C21H25N3O2/c1-23-10-12-24(13-11-23)19-8-4-3-7-18(19)22-21(25)17-14-16-6-2-5-9-20(16)26-15-17/h2-9,17H,10-15H2,1H3,(H,22,25). The zero-order valence-corrected chi connectivity index (χ0v) is 15.1. The first kappa shape index (κ1) is 16.9. The molecule has 1 amide bonds. The molecule has 26 heavy (non-hydrogen) atoms. The van der Waals surface area contributed by atoms with Crippen LogP contribution in [0.3, 0.4) is 0 Å². The summed E-state index contributed by atoms with van der Waals surface area (Å²) in [6.07, 6.45) is 0.721. The van der Waals surface area contributed by atoms with Crippen LogP contribution >= 0.6 is 0 Å². The number of benzene rings is 2. The van der Waals surface area contributed by atoms with Gasteiger partial charge in [0.2, 0.25) is 5.91 Å². The SMILES string of the molecule is CN1CCN(c2ccccc2NC(=O)C2COc3ccccc3C2)CC1. The molecule has 136 valence electrons. The molecule has 0 spiro atoms. The number of hydrogen-bond acceptors (Lipinski definition) is 4. The molecule has 0 bridgehead atoms. The van der Waals surface area contributed by atoms with Crippen LogP contribution in [0.4, 0.5) is 11.4 Å². The van der Waals surface area contributed by atoms with Gasteiger partial charge in [-0.25, -0.2) is 0 Å². The lowest BCUT2D eigenvalue weighted by Crippen LogP contribution is -2.44. The first-order valence-corrected chi connectivity index (χ1v) is 9.25. The summed E-state index contributed by atoms with van der Waals surface area (Å²) in [5, 5.41) is 3.15. The van der Waals surface area contributed by atoms with E-state index in [0.29, 0.717) is 6.61 Å². The molecular weight excluding hydrogens is 326 g/mol. The summed E-state index contributed by atoms with van der Waals surface area (Å²) >= 11 is 0. The zero-order valence-electron chi connectivity index (χ0n) is 15.1. The highest BCUT2D eigenvalue weighted by molar-refractivity contribution is 5.96. The van der Waals surface area contributed by atoms with Gasteiger partial charge in [-0.15, -0.1) is 0 Å². The molecule has 0 aliphatic carbocycles. The Balaban J connectivity index is 1.47. The molecule has 0 radical (unpaired) electrons. The van der Waals surface area contributed by atoms with E-state index >= 15 is 0 Å². The maximum Gasteiger partial charge on any atom is 0.231 e. The summed E-state index contributed by atoms with van der Waals surface area (Å²) in [5.74, 6) is 0.765. The van der Waals surface area contributed by atoms with Crippen LogP contribution in [0.1, 0.15) is 5.56 Å². The van der Waals surface area contributed by atoms with Crippen LogP contribution in [0, 0.1) is 5.92 Å². The summed E-state index contributed by atoms with van der Waals surface area (Å²) in [6.45, 7) is 4.46. The van der Waals surface area contributed by atoms with E-state index in [-0.39, 0.29) is 11.8 Å². The third kappa shape index (κ3) is 3.53. The minimum absolute atomic E-state index is 0.0288. The van der Waals surface area contributed by atoms with Crippen molar-refractivity contribution in [3.63, 3.8) is 0 Å². The Bertz CT molecular complexity index is 784. The molecule has 2 aromatic rings. The normalized spacial score (nSPS) is 20.2. The molecule has 2 aliphatic rings. The topological polar surface area (TPSA) is 44.8 Å². The van der Waals surface area contributed by atoms with Gasteiger partial charge in [-0.2, -0.15) is 0 Å². The minimum Gasteiger partial charge on any atom is -0.492 e. The van der Waals surface area contributed by atoms with Gasteiger partial charge in [0, 0.05) is 26.2 Å². The lowest BCUT2D eigenvalue weighted by atomic mass is 9.96. The van der Waals surface area contributed by atoms with Gasteiger partial charge in [-0.05, 0) is 37.2 Å². The molecule has 2 aliphatic heterocycles. The van der Waals surface area contributed by atoms with Crippen LogP contribution in [0.25, 0.3) is 0 Å². The molecule has 1 atom stereocenters. The number of anilines is 2. The van der Waals surface area contributed by atoms with E-state index in [2.05, 4.69) is 28.2 Å². The average Bonchev–Trinajstić information content (AvgIpc) is 2.69. The van der Waals surface area contributed by atoms with Gasteiger partial charge in [-0.1, -0.05) is 30.3 Å². The number of nitrogens with zero attached hydrogens (tertiary/aromatic N) is 2. The smallest absolute Gasteiger partial charge is 0.231 e. The number of fused-ring (bicyclic) bond motifs is 1. The summed E-state index contributed by atoms with van der Waals surface area (Å²) in [6, 6.07) is 16.0. The van der Waals surface area contributed by atoms with Crippen molar-refractivity contribution >= 4 is 17.3 Å². The molecule has 4 rings (SSSR count). The molecule has 5 heteroatoms. The lowest BCUT2D eigenvalue weighted by Gasteiger charge is -2.35. The first-order valence-electron chi connectivity index (χ1n) is 9.25. The Hall–Kier alpha value is -2.53. The van der Waals surface area contributed by atoms with E-state index < -0.39 is 0 Å². The summed E-state index contributed by atoms with van der Waals surface area (Å²) in [5.41, 5.74) is 3.10. The van der Waals surface area contributed by atoms with E-state index in [1.807, 2.05) is 42.5 Å². The number of carbonyl (C=O) groups is 1. The van der Waals surface area contributed by atoms with Crippen molar-refractivity contribution in [1.82, 2.24) is 4.90 Å². The predicted molar refractivity (Wildman–Crippen MR) is 104 cm³/mol. The predicted octanol–water partition coefficient (Wildman–Crippen LogP) is 2.63. The third-order valence-corrected chi connectivity index (χ3v) is 5.26. The van der Waals surface area contributed by atoms with Crippen LogP contribution in [-0.4, -0.2) is 50.6 Å². The van der Waals surface area contributed by atoms with Gasteiger partial charge in [-0.3, -0.25) is 4.79 Å². The van der Waals surface area contributed by atoms with E-state index in [0.717, 1.165) is 55.3 Å². The molecule has 2 aromatic carbocycles. The van der Waals surface area contributed by atoms with E-state index in [4.69, 9.17) is 4.74 Å². The Morgan fingerprint density at radius 3 is 2.62 bits per heavy atom. The molecule has 1 saturated heterocycles. The molecular formula is C21H25N3O2. The molecule has 1 unspecified atom stereocenters. The van der Waals surface area contributed by atoms with Gasteiger partial charge in [0.05, 0.1) is 17.3 Å². The van der Waals surface area contributed by atoms with Gasteiger partial charge in [0.15, 0.2) is 0 Å². The molecule has 2 heterocycles. The number of nitrogens with one attached hydrogen (secondary N) is 1. The largest absolute Gasteiger partial charge is 0.492 e. The number of likely N-dealkylation sites (N-methyl/N-ethyl adjacent to an activating group) is 1. The summed E-state index contributed by atoms with van der Waals surface area (Å²) in [4.78, 5) is 17.5. The summed E-state index contributed by atoms with van der Waals surface area (Å²) < 4.78 is 5.78. The average molecular weight is 351 g/mol. The van der Waals surface area contributed by atoms with Gasteiger partial charge in [0.1, 0.15) is 12.4 Å². The fourth-order valence-electron chi connectivity index (χ4n) is 3.63. The van der Waals surface area contributed by atoms with Gasteiger partial charge in [0.25, 0.3) is 0 Å². The van der Waals surface area contributed by atoms with Crippen molar-refractivity contribution in [2.45, 2.75) is 6.42 Å². The number of piperazine rings is 1. The maximum atomic E-state index is 12.8. The van der Waals surface area contributed by atoms with E-state index in [9.17, 15) is 4.79 Å². The summed E-state index contributed by atoms with van der Waals surface area (Å²) in [7, 11) is 2.14. The van der Waals surface area contributed by atoms with Crippen molar-refractivity contribution < 1.29 is 9.53 Å². The molecule has 0 saturated carbocycles. The Morgan fingerprint density at radius 1 is 1.04 bits per heavy atom. The first-order chi connectivity index (χ1) is 12.7. The van der Waals surface area contributed by atoms with Crippen molar-refractivity contribution in [3.8, 4) is 5.75 Å². The fraction of sp³-hybridized carbons (Fsp3) is 0.381. The number of hydrogen-bond donors (Lipinski definition) is 1. The van der Waals surface area contributed by atoms with Crippen LogP contribution < -0.4 is 15.0 Å². The monoisotopic (exact) mass is 351 g/mol. The number of para-hydroxylation sites is 3. The zero-order chi connectivity index (χ0) is 17.9. The second-order valence-corrected chi connectivity index (χ2v) is 7.12. The minimum atomic E-state index is -0.162. The van der Waals surface area contributed by atoms with Crippen LogP contribution in [0.5, 0.6) is 5.75 Å². The van der Waals surface area contributed by atoms with Crippen LogP contribution in [0.15, 0.2) is 48.5 Å². The molecule has 1 fully saturated rings.